The first kappa shape index (κ1) is 26.7. The maximum absolute atomic E-state index is 2.53. The third-order valence-corrected chi connectivity index (χ3v) is 16.1. The molecular weight excluding hydrogens is 664 g/mol. The van der Waals surface area contributed by atoms with Gasteiger partial charge in [-0.15, -0.1) is 0 Å². The van der Waals surface area contributed by atoms with E-state index in [0.29, 0.717) is 0 Å². The van der Waals surface area contributed by atoms with Crippen molar-refractivity contribution in [3.05, 3.63) is 58.8 Å². The standard InChI is InChI=1S/C34H34S4Te/c1-2-3-4-5-6-7-8-9-10-11-13-24-16-22-17-25-29(20-28(22)36-24)37-34-26-18-23-19-32(27-14-12-15-35-27)39-31(23)21-30(26)38-33(25)34/h12,14-21H,2-11,13H2,1H3. The first-order valence-corrected chi connectivity index (χ1v) is 20.2. The van der Waals surface area contributed by atoms with E-state index in [9.17, 15) is 0 Å². The van der Waals surface area contributed by atoms with Gasteiger partial charge in [0.15, 0.2) is 0 Å². The van der Waals surface area contributed by atoms with Crippen LogP contribution in [-0.4, -0.2) is 20.4 Å². The van der Waals surface area contributed by atoms with Crippen molar-refractivity contribution >= 4 is 114 Å². The van der Waals surface area contributed by atoms with Gasteiger partial charge < -0.3 is 0 Å². The van der Waals surface area contributed by atoms with E-state index in [-0.39, 0.29) is 20.4 Å². The summed E-state index contributed by atoms with van der Waals surface area (Å²) in [5, 5.41) is 8.07. The molecule has 2 aromatic carbocycles. The molecular formula is C34H34S4Te. The molecule has 0 spiro atoms. The molecule has 0 fully saturated rings. The van der Waals surface area contributed by atoms with Gasteiger partial charge in [0.2, 0.25) is 0 Å². The van der Waals surface area contributed by atoms with Crippen LogP contribution in [0.2, 0.25) is 0 Å². The first-order valence-electron chi connectivity index (χ1n) is 14.6. The number of hydrogen-bond acceptors (Lipinski definition) is 4. The summed E-state index contributed by atoms with van der Waals surface area (Å²) in [7, 11) is 0. The Labute approximate surface area is 256 Å². The number of benzene rings is 2. The molecule has 5 aromatic heterocycles. The number of fused-ring (bicyclic) bond motifs is 7. The van der Waals surface area contributed by atoms with Crippen LogP contribution in [0, 0.1) is 0 Å². The molecule has 0 saturated carbocycles. The number of unbranched alkanes of at least 4 members (excludes halogenated alkanes) is 9. The number of hydrogen-bond donors (Lipinski definition) is 0. The molecule has 7 rings (SSSR count). The molecule has 5 heterocycles. The second-order valence-electron chi connectivity index (χ2n) is 10.9. The van der Waals surface area contributed by atoms with Crippen LogP contribution in [0.25, 0.3) is 56.9 Å². The van der Waals surface area contributed by atoms with Gasteiger partial charge in [-0.25, -0.2) is 0 Å². The van der Waals surface area contributed by atoms with E-state index >= 15 is 0 Å². The molecule has 200 valence electrons. The minimum absolute atomic E-state index is 0.281. The van der Waals surface area contributed by atoms with E-state index in [2.05, 4.69) is 60.8 Å². The van der Waals surface area contributed by atoms with Crippen molar-refractivity contribution in [2.24, 2.45) is 0 Å². The molecule has 0 N–H and O–H groups in total. The van der Waals surface area contributed by atoms with E-state index in [1.54, 1.807) is 11.9 Å². The molecule has 0 unspecified atom stereocenters. The van der Waals surface area contributed by atoms with Crippen LogP contribution in [0.5, 0.6) is 0 Å². The monoisotopic (exact) mass is 700 g/mol. The van der Waals surface area contributed by atoms with E-state index in [1.165, 1.54) is 121 Å². The summed E-state index contributed by atoms with van der Waals surface area (Å²) in [4.78, 5) is 3.04. The Morgan fingerprint density at radius 2 is 1.33 bits per heavy atom. The van der Waals surface area contributed by atoms with Gasteiger partial charge in [-0.3, -0.25) is 0 Å². The zero-order valence-corrected chi connectivity index (χ0v) is 28.1. The Hall–Kier alpha value is -1.19. The molecule has 0 bridgehead atoms. The van der Waals surface area contributed by atoms with Crippen LogP contribution in [-0.2, 0) is 6.42 Å². The summed E-state index contributed by atoms with van der Waals surface area (Å²) in [6.07, 6.45) is 15.3. The Morgan fingerprint density at radius 3 is 2.05 bits per heavy atom. The fourth-order valence-electron chi connectivity index (χ4n) is 5.83. The van der Waals surface area contributed by atoms with Gasteiger partial charge in [-0.1, -0.05) is 64.7 Å². The number of aryl methyl sites for hydroxylation is 1. The topological polar surface area (TPSA) is 0 Å². The average molecular weight is 699 g/mol. The van der Waals surface area contributed by atoms with Crippen molar-refractivity contribution in [1.82, 2.24) is 0 Å². The van der Waals surface area contributed by atoms with Crippen LogP contribution in [0.3, 0.4) is 0 Å². The zero-order valence-electron chi connectivity index (χ0n) is 22.5. The Bertz CT molecular complexity index is 1860. The van der Waals surface area contributed by atoms with Gasteiger partial charge in [-0.05, 0) is 0 Å². The van der Waals surface area contributed by atoms with Gasteiger partial charge >= 0.3 is 194 Å². The average Bonchev–Trinajstić information content (AvgIpc) is 3.75. The fraction of sp³-hybridized carbons (Fsp3) is 0.353. The normalized spacial score (nSPS) is 12.3. The Kier molecular flexibility index (Phi) is 8.19. The van der Waals surface area contributed by atoms with Crippen molar-refractivity contribution in [1.29, 1.82) is 0 Å². The first-order chi connectivity index (χ1) is 19.3. The van der Waals surface area contributed by atoms with Crippen LogP contribution in [0.4, 0.5) is 0 Å². The second kappa shape index (κ2) is 12.0. The molecule has 0 aliphatic carbocycles. The number of thiophene rings is 4. The van der Waals surface area contributed by atoms with E-state index in [1.807, 2.05) is 45.3 Å². The Morgan fingerprint density at radius 1 is 0.641 bits per heavy atom. The third kappa shape index (κ3) is 5.53. The van der Waals surface area contributed by atoms with E-state index < -0.39 is 0 Å². The quantitative estimate of drug-likeness (QED) is 0.0880. The summed E-state index contributed by atoms with van der Waals surface area (Å²) in [6.45, 7) is 2.30. The summed E-state index contributed by atoms with van der Waals surface area (Å²) < 4.78 is 10.6. The molecule has 39 heavy (non-hydrogen) atoms. The van der Waals surface area contributed by atoms with Crippen molar-refractivity contribution in [2.75, 3.05) is 0 Å². The van der Waals surface area contributed by atoms with Crippen molar-refractivity contribution in [2.45, 2.75) is 77.6 Å². The fourth-order valence-corrected chi connectivity index (χ4v) is 14.1. The molecule has 0 atom stereocenters. The Balaban J connectivity index is 1.06. The summed E-state index contributed by atoms with van der Waals surface area (Å²) in [5.41, 5.74) is 0. The molecule has 0 aliphatic heterocycles. The molecule has 0 radical (unpaired) electrons. The molecule has 0 amide bonds. The molecule has 0 aliphatic rings. The predicted octanol–water partition coefficient (Wildman–Crippen LogP) is 12.9. The third-order valence-electron chi connectivity index (χ3n) is 7.95. The van der Waals surface area contributed by atoms with Crippen molar-refractivity contribution in [3.63, 3.8) is 0 Å². The summed E-state index contributed by atoms with van der Waals surface area (Å²) >= 11 is 7.67. The van der Waals surface area contributed by atoms with Gasteiger partial charge in [0, 0.05) is 0 Å². The van der Waals surface area contributed by atoms with Gasteiger partial charge in [0.1, 0.15) is 0 Å². The van der Waals surface area contributed by atoms with Crippen LogP contribution in [0.15, 0.2) is 53.9 Å². The van der Waals surface area contributed by atoms with Crippen molar-refractivity contribution < 1.29 is 0 Å². The summed E-state index contributed by atoms with van der Waals surface area (Å²) in [6, 6.07) is 19.4. The van der Waals surface area contributed by atoms with E-state index in [4.69, 9.17) is 0 Å². The van der Waals surface area contributed by atoms with E-state index in [0.717, 1.165) is 0 Å². The molecule has 0 saturated heterocycles. The van der Waals surface area contributed by atoms with Crippen LogP contribution < -0.4 is 0 Å². The van der Waals surface area contributed by atoms with Gasteiger partial charge in [-0.2, -0.15) is 0 Å². The zero-order chi connectivity index (χ0) is 26.2. The molecule has 5 heteroatoms. The van der Waals surface area contributed by atoms with Crippen LogP contribution >= 0.6 is 45.3 Å². The summed E-state index contributed by atoms with van der Waals surface area (Å²) in [5.74, 6) is 0. The number of rotatable bonds is 12. The molecule has 0 nitrogen and oxygen atoms in total. The second-order valence-corrected chi connectivity index (χ2v) is 18.2. The molecule has 7 aromatic rings. The minimum atomic E-state index is -0.281. The maximum atomic E-state index is 2.53. The SMILES string of the molecule is CCCCCCCCCCCCc1cc2cc3c(cc2s1)sc1c2cc4cc(-c5cccs5)[te]c4cc2sc31. The van der Waals surface area contributed by atoms with Crippen molar-refractivity contribution in [3.8, 4) is 8.46 Å². The predicted molar refractivity (Wildman–Crippen MR) is 183 cm³/mol. The van der Waals surface area contributed by atoms with Gasteiger partial charge in [0.25, 0.3) is 0 Å². The van der Waals surface area contributed by atoms with Crippen LogP contribution in [0.1, 0.15) is 76.0 Å². The van der Waals surface area contributed by atoms with Gasteiger partial charge in [0.05, 0.1) is 0 Å².